The van der Waals surface area contributed by atoms with Crippen molar-refractivity contribution in [3.05, 3.63) is 64.9 Å². The molecule has 106 valence electrons. The van der Waals surface area contributed by atoms with Gasteiger partial charge in [0, 0.05) is 17.3 Å². The Morgan fingerprint density at radius 1 is 1.15 bits per heavy atom. The van der Waals surface area contributed by atoms with Crippen molar-refractivity contribution in [2.24, 2.45) is 0 Å². The molecule has 0 aliphatic rings. The Labute approximate surface area is 124 Å². The molecule has 0 saturated heterocycles. The summed E-state index contributed by atoms with van der Waals surface area (Å²) >= 11 is 5.92. The van der Waals surface area contributed by atoms with Crippen molar-refractivity contribution in [1.82, 2.24) is 4.90 Å². The molecular formula is C16H18ClFN2. The van der Waals surface area contributed by atoms with Gasteiger partial charge in [-0.05, 0) is 50.0 Å². The summed E-state index contributed by atoms with van der Waals surface area (Å²) in [6.45, 7) is 0.693. The first-order chi connectivity index (χ1) is 9.56. The summed E-state index contributed by atoms with van der Waals surface area (Å²) in [6.07, 6.45) is 0. The van der Waals surface area contributed by atoms with Crippen LogP contribution in [0.4, 0.5) is 10.1 Å². The second-order valence-corrected chi connectivity index (χ2v) is 5.36. The number of anilines is 1. The van der Waals surface area contributed by atoms with E-state index in [0.29, 0.717) is 6.54 Å². The lowest BCUT2D eigenvalue weighted by Gasteiger charge is -2.25. The summed E-state index contributed by atoms with van der Waals surface area (Å²) in [5.41, 5.74) is 1.95. The number of nitrogens with one attached hydrogen (secondary N) is 1. The Balaban J connectivity index is 2.08. The third-order valence-corrected chi connectivity index (χ3v) is 3.45. The van der Waals surface area contributed by atoms with Gasteiger partial charge < -0.3 is 10.2 Å². The van der Waals surface area contributed by atoms with Crippen molar-refractivity contribution in [3.8, 4) is 0 Å². The van der Waals surface area contributed by atoms with E-state index < -0.39 is 0 Å². The molecule has 0 heterocycles. The van der Waals surface area contributed by atoms with Crippen molar-refractivity contribution >= 4 is 17.3 Å². The number of halogens is 2. The molecule has 1 atom stereocenters. The van der Waals surface area contributed by atoms with Crippen molar-refractivity contribution in [2.75, 3.05) is 26.0 Å². The van der Waals surface area contributed by atoms with Crippen LogP contribution in [0.2, 0.25) is 5.02 Å². The molecule has 0 aliphatic carbocycles. The van der Waals surface area contributed by atoms with Gasteiger partial charge in [-0.3, -0.25) is 0 Å². The molecule has 0 aromatic heterocycles. The predicted octanol–water partition coefficient (Wildman–Crippen LogP) is 4.19. The maximum Gasteiger partial charge on any atom is 0.125 e. The molecule has 20 heavy (non-hydrogen) atoms. The molecular weight excluding hydrogens is 275 g/mol. The van der Waals surface area contributed by atoms with Crippen molar-refractivity contribution in [2.45, 2.75) is 6.04 Å². The molecule has 2 aromatic carbocycles. The Hall–Kier alpha value is -1.58. The highest BCUT2D eigenvalue weighted by Gasteiger charge is 2.13. The van der Waals surface area contributed by atoms with Crippen LogP contribution in [0.5, 0.6) is 0 Å². The molecule has 0 amide bonds. The fraction of sp³-hybridized carbons (Fsp3) is 0.250. The van der Waals surface area contributed by atoms with E-state index in [1.54, 1.807) is 6.07 Å². The predicted molar refractivity (Wildman–Crippen MR) is 82.8 cm³/mol. The first kappa shape index (κ1) is 14.8. The van der Waals surface area contributed by atoms with Gasteiger partial charge in [-0.1, -0.05) is 29.8 Å². The van der Waals surface area contributed by atoms with Gasteiger partial charge in [0.2, 0.25) is 0 Å². The van der Waals surface area contributed by atoms with E-state index in [2.05, 4.69) is 10.2 Å². The van der Waals surface area contributed by atoms with Crippen LogP contribution < -0.4 is 5.32 Å². The summed E-state index contributed by atoms with van der Waals surface area (Å²) in [6, 6.07) is 14.5. The van der Waals surface area contributed by atoms with Gasteiger partial charge in [0.15, 0.2) is 0 Å². The Kier molecular flexibility index (Phi) is 4.99. The first-order valence-electron chi connectivity index (χ1n) is 6.47. The molecule has 4 heteroatoms. The fourth-order valence-electron chi connectivity index (χ4n) is 2.10. The minimum absolute atomic E-state index is 0.190. The average molecular weight is 293 g/mol. The van der Waals surface area contributed by atoms with Crippen LogP contribution in [0.1, 0.15) is 11.6 Å². The quantitative estimate of drug-likeness (QED) is 0.889. The SMILES string of the molecule is CN(C)C(CNc1cccc(F)c1)c1ccc(Cl)cc1. The molecule has 0 fully saturated rings. The Morgan fingerprint density at radius 2 is 1.85 bits per heavy atom. The van der Waals surface area contributed by atoms with Crippen LogP contribution in [0, 0.1) is 5.82 Å². The average Bonchev–Trinajstić information content (AvgIpc) is 2.41. The fourth-order valence-corrected chi connectivity index (χ4v) is 2.22. The van der Waals surface area contributed by atoms with Crippen LogP contribution in [0.25, 0.3) is 0 Å². The van der Waals surface area contributed by atoms with Gasteiger partial charge >= 0.3 is 0 Å². The standard InChI is InChI=1S/C16H18ClFN2/c1-20(2)16(12-6-8-13(17)9-7-12)11-19-15-5-3-4-14(18)10-15/h3-10,16,19H,11H2,1-2H3. The monoisotopic (exact) mass is 292 g/mol. The van der Waals surface area contributed by atoms with E-state index in [4.69, 9.17) is 11.6 Å². The topological polar surface area (TPSA) is 15.3 Å². The molecule has 1 unspecified atom stereocenters. The number of hydrogen-bond donors (Lipinski definition) is 1. The first-order valence-corrected chi connectivity index (χ1v) is 6.85. The van der Waals surface area contributed by atoms with E-state index in [1.165, 1.54) is 17.7 Å². The van der Waals surface area contributed by atoms with Crippen LogP contribution in [0.3, 0.4) is 0 Å². The smallest absolute Gasteiger partial charge is 0.125 e. The number of benzene rings is 2. The van der Waals surface area contributed by atoms with Gasteiger partial charge in [-0.25, -0.2) is 4.39 Å². The summed E-state index contributed by atoms with van der Waals surface area (Å²) in [7, 11) is 4.04. The molecule has 1 N–H and O–H groups in total. The summed E-state index contributed by atoms with van der Waals surface area (Å²) < 4.78 is 13.2. The minimum atomic E-state index is -0.233. The molecule has 2 nitrogen and oxygen atoms in total. The van der Waals surface area contributed by atoms with Crippen LogP contribution in [-0.4, -0.2) is 25.5 Å². The van der Waals surface area contributed by atoms with E-state index >= 15 is 0 Å². The molecule has 2 rings (SSSR count). The normalized spacial score (nSPS) is 12.4. The lowest BCUT2D eigenvalue weighted by molar-refractivity contribution is 0.312. The minimum Gasteiger partial charge on any atom is -0.383 e. The Morgan fingerprint density at radius 3 is 2.45 bits per heavy atom. The maximum absolute atomic E-state index is 13.2. The van der Waals surface area contributed by atoms with E-state index in [0.717, 1.165) is 10.7 Å². The van der Waals surface area contributed by atoms with Crippen molar-refractivity contribution in [3.63, 3.8) is 0 Å². The van der Waals surface area contributed by atoms with Crippen molar-refractivity contribution in [1.29, 1.82) is 0 Å². The highest BCUT2D eigenvalue weighted by molar-refractivity contribution is 6.30. The van der Waals surface area contributed by atoms with E-state index in [9.17, 15) is 4.39 Å². The second kappa shape index (κ2) is 6.73. The molecule has 0 radical (unpaired) electrons. The van der Waals surface area contributed by atoms with E-state index in [1.807, 2.05) is 44.4 Å². The van der Waals surface area contributed by atoms with E-state index in [-0.39, 0.29) is 11.9 Å². The van der Waals surface area contributed by atoms with Crippen LogP contribution >= 0.6 is 11.6 Å². The molecule has 2 aromatic rings. The third kappa shape index (κ3) is 3.95. The highest BCUT2D eigenvalue weighted by Crippen LogP contribution is 2.21. The molecule has 0 aliphatic heterocycles. The van der Waals surface area contributed by atoms with Gasteiger partial charge in [-0.2, -0.15) is 0 Å². The zero-order chi connectivity index (χ0) is 14.5. The number of nitrogens with zero attached hydrogens (tertiary/aromatic N) is 1. The summed E-state index contributed by atoms with van der Waals surface area (Å²) in [5.74, 6) is -0.233. The van der Waals surface area contributed by atoms with Crippen molar-refractivity contribution < 1.29 is 4.39 Å². The zero-order valence-corrected chi connectivity index (χ0v) is 12.4. The number of likely N-dealkylation sites (N-methyl/N-ethyl adjacent to an activating group) is 1. The van der Waals surface area contributed by atoms with Crippen LogP contribution in [0.15, 0.2) is 48.5 Å². The van der Waals surface area contributed by atoms with Gasteiger partial charge in [-0.15, -0.1) is 0 Å². The van der Waals surface area contributed by atoms with Gasteiger partial charge in [0.25, 0.3) is 0 Å². The van der Waals surface area contributed by atoms with Gasteiger partial charge in [0.1, 0.15) is 5.82 Å². The lowest BCUT2D eigenvalue weighted by Crippen LogP contribution is -2.26. The zero-order valence-electron chi connectivity index (χ0n) is 11.6. The number of hydrogen-bond acceptors (Lipinski definition) is 2. The molecule has 0 spiro atoms. The molecule has 0 bridgehead atoms. The highest BCUT2D eigenvalue weighted by atomic mass is 35.5. The largest absolute Gasteiger partial charge is 0.383 e. The second-order valence-electron chi connectivity index (χ2n) is 4.92. The summed E-state index contributed by atoms with van der Waals surface area (Å²) in [4.78, 5) is 2.12. The van der Waals surface area contributed by atoms with Gasteiger partial charge in [0.05, 0.1) is 6.04 Å². The maximum atomic E-state index is 13.2. The number of rotatable bonds is 5. The summed E-state index contributed by atoms with van der Waals surface area (Å²) in [5, 5.41) is 3.99. The van der Waals surface area contributed by atoms with Crippen LogP contribution in [-0.2, 0) is 0 Å². The Bertz CT molecular complexity index is 555. The molecule has 0 saturated carbocycles. The third-order valence-electron chi connectivity index (χ3n) is 3.20. The lowest BCUT2D eigenvalue weighted by atomic mass is 10.1.